The molecule has 0 spiro atoms. The summed E-state index contributed by atoms with van der Waals surface area (Å²) < 4.78 is 0. The number of nitrogens with one attached hydrogen (secondary N) is 2. The van der Waals surface area contributed by atoms with Crippen molar-refractivity contribution in [3.8, 4) is 0 Å². The molecular formula is C20H25N5O7S. The van der Waals surface area contributed by atoms with Crippen LogP contribution in [0.25, 0.3) is 0 Å². The summed E-state index contributed by atoms with van der Waals surface area (Å²) in [7, 11) is 0. The minimum atomic E-state index is -1.27. The lowest BCUT2D eigenvalue weighted by atomic mass is 10.0. The van der Waals surface area contributed by atoms with Crippen LogP contribution in [0, 0.1) is 13.8 Å². The van der Waals surface area contributed by atoms with Crippen molar-refractivity contribution in [2.24, 2.45) is 0 Å². The van der Waals surface area contributed by atoms with Gasteiger partial charge in [0.25, 0.3) is 11.8 Å². The van der Waals surface area contributed by atoms with Crippen LogP contribution in [0.1, 0.15) is 52.5 Å². The highest BCUT2D eigenvalue weighted by molar-refractivity contribution is 7.13. The summed E-state index contributed by atoms with van der Waals surface area (Å²) in [5, 5.41) is 16.9. The Morgan fingerprint density at radius 1 is 1.27 bits per heavy atom. The summed E-state index contributed by atoms with van der Waals surface area (Å²) in [6.07, 6.45) is 0.424. The zero-order chi connectivity index (χ0) is 24.3. The fraction of sp³-hybridized carbons (Fsp3) is 0.550. The van der Waals surface area contributed by atoms with Gasteiger partial charge in [-0.25, -0.2) is 9.99 Å². The number of amides is 4. The second-order valence-corrected chi connectivity index (χ2v) is 9.12. The SMILES string of the molecule is Cc1nc(C)c(C(=O)N[C@H]2CCC(=O)N3CCC[C@@H](C(=O)N[C@H](C=O)CC(=O)O)N3C2=O)s1. The van der Waals surface area contributed by atoms with Crippen LogP contribution in [-0.4, -0.2) is 80.7 Å². The monoisotopic (exact) mass is 479 g/mol. The average molecular weight is 480 g/mol. The quantitative estimate of drug-likeness (QED) is 0.442. The molecule has 3 heterocycles. The van der Waals surface area contributed by atoms with Crippen molar-refractivity contribution in [2.75, 3.05) is 6.54 Å². The van der Waals surface area contributed by atoms with Crippen molar-refractivity contribution in [1.82, 2.24) is 25.6 Å². The molecule has 0 radical (unpaired) electrons. The number of carbonyl (C=O) groups is 6. The number of carboxylic acid groups (broad SMARTS) is 1. The molecule has 2 aliphatic heterocycles. The number of aromatic nitrogens is 1. The number of carbonyl (C=O) groups excluding carboxylic acids is 5. The molecule has 3 N–H and O–H groups in total. The van der Waals surface area contributed by atoms with Crippen molar-refractivity contribution in [2.45, 2.75) is 64.1 Å². The third kappa shape index (κ3) is 5.35. The number of thiazole rings is 1. The Kier molecular flexibility index (Phi) is 7.41. The smallest absolute Gasteiger partial charge is 0.305 e. The molecule has 4 amide bonds. The third-order valence-corrected chi connectivity index (χ3v) is 6.54. The van der Waals surface area contributed by atoms with Crippen molar-refractivity contribution in [3.05, 3.63) is 15.6 Å². The fourth-order valence-corrected chi connectivity index (χ4v) is 4.80. The highest BCUT2D eigenvalue weighted by atomic mass is 32.1. The summed E-state index contributed by atoms with van der Waals surface area (Å²) in [5.74, 6) is -3.47. The van der Waals surface area contributed by atoms with E-state index in [4.69, 9.17) is 5.11 Å². The van der Waals surface area contributed by atoms with E-state index in [1.165, 1.54) is 16.3 Å². The molecule has 3 atom stereocenters. The molecule has 178 valence electrons. The van der Waals surface area contributed by atoms with Crippen LogP contribution in [0.3, 0.4) is 0 Å². The molecule has 2 aliphatic rings. The summed E-state index contributed by atoms with van der Waals surface area (Å²) in [6, 6.07) is -3.42. The minimum Gasteiger partial charge on any atom is -0.481 e. The highest BCUT2D eigenvalue weighted by Crippen LogP contribution is 2.26. The number of hydrogen-bond acceptors (Lipinski definition) is 8. The Hall–Kier alpha value is -3.35. The first-order valence-corrected chi connectivity index (χ1v) is 11.3. The summed E-state index contributed by atoms with van der Waals surface area (Å²) in [4.78, 5) is 78.4. The van der Waals surface area contributed by atoms with E-state index in [1.807, 2.05) is 0 Å². The van der Waals surface area contributed by atoms with Crippen LogP contribution in [0.5, 0.6) is 0 Å². The molecule has 3 rings (SSSR count). The molecule has 33 heavy (non-hydrogen) atoms. The lowest BCUT2D eigenvalue weighted by molar-refractivity contribution is -0.176. The molecule has 12 nitrogen and oxygen atoms in total. The van der Waals surface area contributed by atoms with Gasteiger partial charge in [-0.1, -0.05) is 0 Å². The van der Waals surface area contributed by atoms with Crippen molar-refractivity contribution in [1.29, 1.82) is 0 Å². The van der Waals surface area contributed by atoms with E-state index in [0.29, 0.717) is 28.3 Å². The van der Waals surface area contributed by atoms with Crippen molar-refractivity contribution >= 4 is 47.2 Å². The lowest BCUT2D eigenvalue weighted by Crippen LogP contribution is -2.64. The maximum atomic E-state index is 13.4. The fourth-order valence-electron chi connectivity index (χ4n) is 3.97. The van der Waals surface area contributed by atoms with E-state index in [0.717, 1.165) is 5.01 Å². The van der Waals surface area contributed by atoms with Gasteiger partial charge >= 0.3 is 5.97 Å². The summed E-state index contributed by atoms with van der Waals surface area (Å²) in [6.45, 7) is 3.67. The average Bonchev–Trinajstić information content (AvgIpc) is 3.06. The van der Waals surface area contributed by atoms with E-state index in [9.17, 15) is 28.8 Å². The number of hydrazine groups is 1. The van der Waals surface area contributed by atoms with Gasteiger partial charge in [-0.2, -0.15) is 0 Å². The zero-order valence-electron chi connectivity index (χ0n) is 18.2. The predicted octanol–water partition coefficient (Wildman–Crippen LogP) is -0.455. The van der Waals surface area contributed by atoms with Gasteiger partial charge in [-0.3, -0.25) is 29.0 Å². The first-order chi connectivity index (χ1) is 15.6. The Bertz CT molecular complexity index is 993. The standard InChI is InChI=1S/C20H25N5O7S/c1-10-17(33-11(2)21-10)19(31)23-13-5-6-15(27)24-7-3-4-14(25(24)20(13)32)18(30)22-12(9-26)8-16(28)29/h9,12-14H,3-8H2,1-2H3,(H,22,30)(H,23,31)(H,28,29)/t12-,13-,14-/m0/s1. The number of hydrogen-bond donors (Lipinski definition) is 3. The second kappa shape index (κ2) is 10.1. The van der Waals surface area contributed by atoms with Crippen LogP contribution in [0.15, 0.2) is 0 Å². The molecule has 0 aromatic carbocycles. The number of fused-ring (bicyclic) bond motifs is 1. The van der Waals surface area contributed by atoms with E-state index in [-0.39, 0.29) is 31.7 Å². The van der Waals surface area contributed by atoms with Crippen molar-refractivity contribution in [3.63, 3.8) is 0 Å². The largest absolute Gasteiger partial charge is 0.481 e. The van der Waals surface area contributed by atoms with E-state index in [2.05, 4.69) is 15.6 Å². The molecular weight excluding hydrogens is 454 g/mol. The van der Waals surface area contributed by atoms with Crippen molar-refractivity contribution < 1.29 is 33.9 Å². The molecule has 1 aromatic heterocycles. The maximum absolute atomic E-state index is 13.4. The first-order valence-electron chi connectivity index (χ1n) is 10.5. The maximum Gasteiger partial charge on any atom is 0.305 e. The highest BCUT2D eigenvalue weighted by Gasteiger charge is 2.45. The molecule has 0 saturated carbocycles. The van der Waals surface area contributed by atoms with Gasteiger partial charge in [-0.05, 0) is 33.1 Å². The molecule has 2 fully saturated rings. The van der Waals surface area contributed by atoms with Gasteiger partial charge in [0.15, 0.2) is 0 Å². The van der Waals surface area contributed by atoms with Gasteiger partial charge in [0.05, 0.1) is 23.2 Å². The van der Waals surface area contributed by atoms with Crippen LogP contribution in [0.4, 0.5) is 0 Å². The summed E-state index contributed by atoms with van der Waals surface area (Å²) >= 11 is 1.19. The van der Waals surface area contributed by atoms with Gasteiger partial charge in [0.1, 0.15) is 23.2 Å². The third-order valence-electron chi connectivity index (χ3n) is 5.47. The summed E-state index contributed by atoms with van der Waals surface area (Å²) in [5.41, 5.74) is 0.530. The number of rotatable bonds is 7. The molecule has 13 heteroatoms. The molecule has 0 aliphatic carbocycles. The normalized spacial score (nSPS) is 21.6. The number of aldehydes is 1. The number of carboxylic acids is 1. The predicted molar refractivity (Wildman–Crippen MR) is 114 cm³/mol. The van der Waals surface area contributed by atoms with Crippen LogP contribution >= 0.6 is 11.3 Å². The van der Waals surface area contributed by atoms with Crippen LogP contribution < -0.4 is 10.6 Å². The van der Waals surface area contributed by atoms with Gasteiger partial charge in [0.2, 0.25) is 11.8 Å². The van der Waals surface area contributed by atoms with E-state index < -0.39 is 48.2 Å². The van der Waals surface area contributed by atoms with E-state index in [1.54, 1.807) is 13.8 Å². The Morgan fingerprint density at radius 3 is 2.61 bits per heavy atom. The van der Waals surface area contributed by atoms with Gasteiger partial charge in [0, 0.05) is 13.0 Å². The van der Waals surface area contributed by atoms with Gasteiger partial charge < -0.3 is 20.5 Å². The molecule has 2 saturated heterocycles. The second-order valence-electron chi connectivity index (χ2n) is 7.92. The van der Waals surface area contributed by atoms with Gasteiger partial charge in [-0.15, -0.1) is 11.3 Å². The van der Waals surface area contributed by atoms with Crippen LogP contribution in [0.2, 0.25) is 0 Å². The zero-order valence-corrected chi connectivity index (χ0v) is 19.0. The number of nitrogens with zero attached hydrogens (tertiary/aromatic N) is 3. The first kappa shape index (κ1) is 24.3. The molecule has 0 bridgehead atoms. The minimum absolute atomic E-state index is 0.00178. The molecule has 0 unspecified atom stereocenters. The molecule has 1 aromatic rings. The Balaban J connectivity index is 1.82. The Morgan fingerprint density at radius 2 is 2.00 bits per heavy atom. The topological polar surface area (TPSA) is 166 Å². The lowest BCUT2D eigenvalue weighted by Gasteiger charge is -2.43. The van der Waals surface area contributed by atoms with E-state index >= 15 is 0 Å². The Labute approximate surface area is 193 Å². The van der Waals surface area contributed by atoms with Crippen LogP contribution in [-0.2, 0) is 24.0 Å². The number of aryl methyl sites for hydroxylation is 2. The number of aliphatic carboxylic acids is 1.